The molecule has 0 radical (unpaired) electrons. The fourth-order valence-electron chi connectivity index (χ4n) is 2.43. The Morgan fingerprint density at radius 1 is 1.26 bits per heavy atom. The van der Waals surface area contributed by atoms with Gasteiger partial charge in [-0.2, -0.15) is 0 Å². The third kappa shape index (κ3) is 3.80. The van der Waals surface area contributed by atoms with Crippen molar-refractivity contribution in [2.45, 2.75) is 6.17 Å². The minimum absolute atomic E-state index is 0.0511. The van der Waals surface area contributed by atoms with Gasteiger partial charge in [-0.3, -0.25) is 4.79 Å². The van der Waals surface area contributed by atoms with Crippen molar-refractivity contribution >= 4 is 27.8 Å². The Hall–Kier alpha value is -2.12. The summed E-state index contributed by atoms with van der Waals surface area (Å²) >= 11 is 3.36. The lowest BCUT2D eigenvalue weighted by molar-refractivity contribution is -0.164. The van der Waals surface area contributed by atoms with Crippen LogP contribution in [0.25, 0.3) is 0 Å². The Kier molecular flexibility index (Phi) is 4.78. The van der Waals surface area contributed by atoms with Gasteiger partial charge >= 0.3 is 5.97 Å². The highest BCUT2D eigenvalue weighted by Crippen LogP contribution is 2.15. The van der Waals surface area contributed by atoms with Crippen LogP contribution in [0.2, 0.25) is 0 Å². The summed E-state index contributed by atoms with van der Waals surface area (Å²) in [5.41, 5.74) is 0.467. The molecule has 2 aliphatic heterocycles. The van der Waals surface area contributed by atoms with Crippen molar-refractivity contribution in [1.82, 2.24) is 15.3 Å². The molecule has 0 aromatic heterocycles. The molecule has 0 aliphatic carbocycles. The van der Waals surface area contributed by atoms with Gasteiger partial charge in [0.15, 0.2) is 0 Å². The van der Waals surface area contributed by atoms with E-state index in [0.717, 1.165) is 4.48 Å². The van der Waals surface area contributed by atoms with Crippen LogP contribution in [-0.2, 0) is 9.63 Å². The van der Waals surface area contributed by atoms with Crippen LogP contribution in [0.4, 0.5) is 0 Å². The highest BCUT2D eigenvalue weighted by atomic mass is 79.9. The average Bonchev–Trinajstić information content (AvgIpc) is 2.57. The number of piperazine rings is 1. The van der Waals surface area contributed by atoms with Crippen molar-refractivity contribution in [3.05, 3.63) is 58.7 Å². The van der Waals surface area contributed by atoms with Gasteiger partial charge in [-0.25, -0.2) is 4.79 Å². The fourth-order valence-corrected chi connectivity index (χ4v) is 2.71. The van der Waals surface area contributed by atoms with Crippen LogP contribution in [0, 0.1) is 0 Å². The number of hydrogen-bond donors (Lipinski definition) is 1. The minimum atomic E-state index is -0.450. The minimum Gasteiger partial charge on any atom is -0.367 e. The van der Waals surface area contributed by atoms with E-state index < -0.39 is 5.97 Å². The molecule has 120 valence electrons. The lowest BCUT2D eigenvalue weighted by Crippen LogP contribution is -2.57. The highest BCUT2D eigenvalue weighted by molar-refractivity contribution is 9.11. The second-order valence-electron chi connectivity index (χ2n) is 5.20. The van der Waals surface area contributed by atoms with Crippen molar-refractivity contribution in [1.29, 1.82) is 0 Å². The van der Waals surface area contributed by atoms with E-state index in [-0.39, 0.29) is 18.6 Å². The summed E-state index contributed by atoms with van der Waals surface area (Å²) < 4.78 is 0.927. The molecule has 2 aliphatic rings. The zero-order valence-corrected chi connectivity index (χ0v) is 13.9. The first-order valence-electron chi connectivity index (χ1n) is 7.25. The molecule has 1 N–H and O–H groups in total. The van der Waals surface area contributed by atoms with E-state index in [9.17, 15) is 9.59 Å². The Morgan fingerprint density at radius 3 is 2.70 bits per heavy atom. The Labute approximate surface area is 142 Å². The van der Waals surface area contributed by atoms with E-state index >= 15 is 0 Å². The fraction of sp³-hybridized carbons (Fsp3) is 0.250. The molecule has 1 aromatic rings. The molecule has 2 heterocycles. The molecule has 1 aromatic carbocycles. The number of carbonyl (C=O) groups excluding carboxylic acids is 2. The van der Waals surface area contributed by atoms with E-state index in [1.807, 2.05) is 18.2 Å². The zero-order chi connectivity index (χ0) is 16.2. The van der Waals surface area contributed by atoms with Crippen molar-refractivity contribution < 1.29 is 14.4 Å². The molecule has 1 unspecified atom stereocenters. The Morgan fingerprint density at radius 2 is 2.04 bits per heavy atom. The highest BCUT2D eigenvalue weighted by Gasteiger charge is 2.30. The molecule has 1 fully saturated rings. The maximum atomic E-state index is 12.3. The second-order valence-corrected chi connectivity index (χ2v) is 6.11. The first-order valence-corrected chi connectivity index (χ1v) is 8.04. The summed E-state index contributed by atoms with van der Waals surface area (Å²) in [5, 5.41) is 4.54. The summed E-state index contributed by atoms with van der Waals surface area (Å²) in [5.74, 6) is -0.542. The van der Waals surface area contributed by atoms with Gasteiger partial charge in [0, 0.05) is 17.2 Å². The first-order chi connectivity index (χ1) is 11.1. The average molecular weight is 378 g/mol. The predicted octanol–water partition coefficient (Wildman–Crippen LogP) is 1.62. The van der Waals surface area contributed by atoms with Crippen molar-refractivity contribution in [2.24, 2.45) is 0 Å². The third-order valence-electron chi connectivity index (χ3n) is 3.61. The van der Waals surface area contributed by atoms with Crippen LogP contribution in [-0.4, -0.2) is 47.6 Å². The van der Waals surface area contributed by atoms with Crippen molar-refractivity contribution in [3.8, 4) is 0 Å². The van der Waals surface area contributed by atoms with Crippen LogP contribution in [0.3, 0.4) is 0 Å². The summed E-state index contributed by atoms with van der Waals surface area (Å²) in [6.07, 6.45) is 5.44. The third-order valence-corrected chi connectivity index (χ3v) is 4.10. The molecule has 7 heteroatoms. The van der Waals surface area contributed by atoms with Gasteiger partial charge in [0.2, 0.25) is 5.91 Å². The van der Waals surface area contributed by atoms with Gasteiger partial charge in [0.1, 0.15) is 12.7 Å². The van der Waals surface area contributed by atoms with Crippen molar-refractivity contribution in [3.63, 3.8) is 0 Å². The van der Waals surface area contributed by atoms with Crippen LogP contribution < -0.4 is 5.32 Å². The SMILES string of the molecule is O=C(ON1CCN(C2C=CC(Br)=CN2)C(=O)C1)c1ccccc1. The van der Waals surface area contributed by atoms with Gasteiger partial charge in [-0.1, -0.05) is 18.2 Å². The Bertz CT molecular complexity index is 660. The predicted molar refractivity (Wildman–Crippen MR) is 88.2 cm³/mol. The molecule has 0 bridgehead atoms. The summed E-state index contributed by atoms with van der Waals surface area (Å²) in [6, 6.07) is 8.73. The van der Waals surface area contributed by atoms with Crippen LogP contribution in [0.5, 0.6) is 0 Å². The molecule has 1 amide bonds. The first kappa shape index (κ1) is 15.8. The molecule has 6 nitrogen and oxygen atoms in total. The number of hydroxylamine groups is 2. The molecular formula is C16H16BrN3O3. The maximum Gasteiger partial charge on any atom is 0.357 e. The lowest BCUT2D eigenvalue weighted by atomic mass is 10.2. The van der Waals surface area contributed by atoms with E-state index in [1.165, 1.54) is 5.06 Å². The number of nitrogens with zero attached hydrogens (tertiary/aromatic N) is 2. The number of hydrogen-bond acceptors (Lipinski definition) is 5. The molecule has 23 heavy (non-hydrogen) atoms. The number of amides is 1. The summed E-state index contributed by atoms with van der Waals surface area (Å²) in [7, 11) is 0. The molecule has 1 saturated heterocycles. The summed E-state index contributed by atoms with van der Waals surface area (Å²) in [6.45, 7) is 1.01. The van der Waals surface area contributed by atoms with Crippen LogP contribution in [0.1, 0.15) is 10.4 Å². The quantitative estimate of drug-likeness (QED) is 0.867. The molecule has 3 rings (SSSR count). The number of nitrogens with one attached hydrogen (secondary N) is 1. The van der Waals surface area contributed by atoms with Gasteiger partial charge in [0.25, 0.3) is 0 Å². The monoisotopic (exact) mass is 377 g/mol. The summed E-state index contributed by atoms with van der Waals surface area (Å²) in [4.78, 5) is 31.3. The van der Waals surface area contributed by atoms with Crippen molar-refractivity contribution in [2.75, 3.05) is 19.6 Å². The number of allylic oxidation sites excluding steroid dienone is 2. The number of carbonyl (C=O) groups is 2. The van der Waals surface area contributed by atoms with Gasteiger partial charge in [-0.15, -0.1) is 5.06 Å². The molecule has 1 atom stereocenters. The number of halogens is 1. The lowest BCUT2D eigenvalue weighted by Gasteiger charge is -2.37. The van der Waals surface area contributed by atoms with E-state index in [2.05, 4.69) is 21.2 Å². The van der Waals surface area contributed by atoms with Gasteiger partial charge in [-0.05, 0) is 40.2 Å². The maximum absolute atomic E-state index is 12.3. The molecule has 0 saturated carbocycles. The largest absolute Gasteiger partial charge is 0.367 e. The van der Waals surface area contributed by atoms with Gasteiger partial charge < -0.3 is 15.1 Å². The number of benzene rings is 1. The topological polar surface area (TPSA) is 61.9 Å². The normalized spacial score (nSPS) is 21.6. The standard InChI is InChI=1S/C16H16BrN3O3/c17-13-6-7-14(18-10-13)20-9-8-19(11-15(20)21)23-16(22)12-4-2-1-3-5-12/h1-7,10,14,18H,8-9,11H2. The van der Waals surface area contributed by atoms with Crippen LogP contribution >= 0.6 is 15.9 Å². The number of rotatable bonds is 3. The second kappa shape index (κ2) is 6.97. The Balaban J connectivity index is 1.56. The van der Waals surface area contributed by atoms with Gasteiger partial charge in [0.05, 0.1) is 12.1 Å². The molecule has 0 spiro atoms. The number of dihydropyridines is 1. The molecular weight excluding hydrogens is 362 g/mol. The van der Waals surface area contributed by atoms with E-state index in [0.29, 0.717) is 18.7 Å². The van der Waals surface area contributed by atoms with Crippen LogP contribution in [0.15, 0.2) is 53.2 Å². The zero-order valence-electron chi connectivity index (χ0n) is 12.3. The smallest absolute Gasteiger partial charge is 0.357 e. The van der Waals surface area contributed by atoms with E-state index in [1.54, 1.807) is 35.4 Å². The van der Waals surface area contributed by atoms with E-state index in [4.69, 9.17) is 4.84 Å².